The van der Waals surface area contributed by atoms with E-state index in [9.17, 15) is 9.90 Å². The maximum atomic E-state index is 11.7. The summed E-state index contributed by atoms with van der Waals surface area (Å²) < 4.78 is 5.62. The van der Waals surface area contributed by atoms with E-state index in [0.29, 0.717) is 47.4 Å². The van der Waals surface area contributed by atoms with Crippen LogP contribution in [0.4, 0.5) is 11.5 Å². The Morgan fingerprint density at radius 1 is 1.35 bits per heavy atom. The highest BCUT2D eigenvalue weighted by Crippen LogP contribution is 2.41. The number of piperidine rings is 1. The molecule has 1 atom stereocenters. The van der Waals surface area contributed by atoms with Crippen molar-refractivity contribution in [2.45, 2.75) is 38.8 Å². The van der Waals surface area contributed by atoms with Crippen molar-refractivity contribution in [3.8, 4) is 11.3 Å². The molecule has 4 heterocycles. The van der Waals surface area contributed by atoms with Crippen molar-refractivity contribution in [1.82, 2.24) is 9.97 Å². The van der Waals surface area contributed by atoms with Crippen LogP contribution in [0.1, 0.15) is 29.8 Å². The molecule has 31 heavy (non-hydrogen) atoms. The van der Waals surface area contributed by atoms with Crippen molar-refractivity contribution in [3.05, 3.63) is 34.1 Å². The topological polar surface area (TPSA) is 114 Å². The predicted molar refractivity (Wildman–Crippen MR) is 118 cm³/mol. The van der Waals surface area contributed by atoms with E-state index in [0.717, 1.165) is 42.9 Å². The molecule has 3 aliphatic rings. The highest BCUT2D eigenvalue weighted by atomic mass is 35.5. The molecule has 0 radical (unpaired) electrons. The van der Waals surface area contributed by atoms with E-state index in [1.807, 2.05) is 13.0 Å². The fourth-order valence-electron chi connectivity index (χ4n) is 4.93. The number of hydrogen-bond donors (Lipinski definition) is 3. The Morgan fingerprint density at radius 3 is 2.81 bits per heavy atom. The molecule has 0 aliphatic carbocycles. The smallest absolute Gasteiger partial charge is 0.228 e. The molecule has 2 fully saturated rings. The standard InChI is InChI=1S/C22H26ClN5O3/c1-12-20(14-8-16-13(6-15(14)23)7-19(30)26-16)27-17(9-29)21(25-12)28-4-2-22(3-5-28)11-31-10-18(22)24/h6,8,18,29H,2-5,7,9-11,24H2,1H3,(H,26,30)/t18-/m1/s1. The van der Waals surface area contributed by atoms with Gasteiger partial charge in [-0.1, -0.05) is 11.6 Å². The van der Waals surface area contributed by atoms with E-state index >= 15 is 0 Å². The number of nitrogens with two attached hydrogens (primary N) is 1. The molecule has 1 aromatic heterocycles. The lowest BCUT2D eigenvalue weighted by Gasteiger charge is -2.41. The van der Waals surface area contributed by atoms with Gasteiger partial charge in [-0.25, -0.2) is 9.97 Å². The molecule has 3 aliphatic heterocycles. The lowest BCUT2D eigenvalue weighted by atomic mass is 9.75. The largest absolute Gasteiger partial charge is 0.390 e. The number of ether oxygens (including phenoxy) is 1. The number of benzene rings is 1. The van der Waals surface area contributed by atoms with E-state index < -0.39 is 0 Å². The van der Waals surface area contributed by atoms with Crippen LogP contribution in [-0.2, 0) is 22.6 Å². The van der Waals surface area contributed by atoms with E-state index in [1.165, 1.54) is 0 Å². The minimum atomic E-state index is -0.223. The van der Waals surface area contributed by atoms with Crippen LogP contribution in [0.2, 0.25) is 5.02 Å². The zero-order chi connectivity index (χ0) is 21.8. The van der Waals surface area contributed by atoms with Gasteiger partial charge in [0.05, 0.1) is 42.7 Å². The number of nitrogens with zero attached hydrogens (tertiary/aromatic N) is 3. The number of halogens is 1. The second kappa shape index (κ2) is 7.70. The molecule has 164 valence electrons. The molecule has 1 spiro atoms. The van der Waals surface area contributed by atoms with Gasteiger partial charge in [-0.15, -0.1) is 0 Å². The van der Waals surface area contributed by atoms with Gasteiger partial charge in [-0.2, -0.15) is 0 Å². The Kier molecular flexibility index (Phi) is 5.13. The second-order valence-electron chi connectivity index (χ2n) is 8.77. The molecule has 9 heteroatoms. The van der Waals surface area contributed by atoms with E-state index in [-0.39, 0.29) is 24.0 Å². The van der Waals surface area contributed by atoms with Crippen molar-refractivity contribution in [1.29, 1.82) is 0 Å². The van der Waals surface area contributed by atoms with Crippen molar-refractivity contribution < 1.29 is 14.6 Å². The number of aliphatic hydroxyl groups excluding tert-OH is 1. The quantitative estimate of drug-likeness (QED) is 0.665. The van der Waals surface area contributed by atoms with Gasteiger partial charge in [0.2, 0.25) is 5.91 Å². The molecular formula is C22H26ClN5O3. The number of anilines is 2. The Morgan fingerprint density at radius 2 is 2.13 bits per heavy atom. The predicted octanol–water partition coefficient (Wildman–Crippen LogP) is 2.04. The fraction of sp³-hybridized carbons (Fsp3) is 0.500. The molecule has 1 amide bonds. The van der Waals surface area contributed by atoms with Crippen molar-refractivity contribution in [3.63, 3.8) is 0 Å². The molecule has 0 bridgehead atoms. The summed E-state index contributed by atoms with van der Waals surface area (Å²) in [7, 11) is 0. The Balaban J connectivity index is 1.46. The van der Waals surface area contributed by atoms with Crippen LogP contribution in [0, 0.1) is 12.3 Å². The summed E-state index contributed by atoms with van der Waals surface area (Å²) in [6.07, 6.45) is 2.18. The average molecular weight is 444 g/mol. The summed E-state index contributed by atoms with van der Waals surface area (Å²) >= 11 is 6.53. The lowest BCUT2D eigenvalue weighted by Crippen LogP contribution is -2.49. The lowest BCUT2D eigenvalue weighted by molar-refractivity contribution is -0.115. The summed E-state index contributed by atoms with van der Waals surface area (Å²) in [6, 6.07) is 3.71. The van der Waals surface area contributed by atoms with Gasteiger partial charge in [0.25, 0.3) is 0 Å². The highest BCUT2D eigenvalue weighted by molar-refractivity contribution is 6.33. The van der Waals surface area contributed by atoms with Crippen molar-refractivity contribution in [2.24, 2.45) is 11.1 Å². The Labute approximate surface area is 185 Å². The van der Waals surface area contributed by atoms with E-state index in [1.54, 1.807) is 6.07 Å². The number of aromatic nitrogens is 2. The summed E-state index contributed by atoms with van der Waals surface area (Å²) in [5.74, 6) is 0.657. The van der Waals surface area contributed by atoms with Crippen LogP contribution < -0.4 is 16.0 Å². The molecule has 2 aromatic rings. The summed E-state index contributed by atoms with van der Waals surface area (Å²) in [6.45, 7) is 4.59. The maximum Gasteiger partial charge on any atom is 0.228 e. The highest BCUT2D eigenvalue weighted by Gasteiger charge is 2.44. The minimum absolute atomic E-state index is 0.0423. The van der Waals surface area contributed by atoms with Gasteiger partial charge in [0.15, 0.2) is 5.82 Å². The van der Waals surface area contributed by atoms with Gasteiger partial charge in [0, 0.05) is 35.8 Å². The fourth-order valence-corrected chi connectivity index (χ4v) is 5.21. The molecule has 1 aromatic carbocycles. The SMILES string of the molecule is Cc1nc(N2CCC3(CC2)COC[C@H]3N)c(CO)nc1-c1cc2c(cc1Cl)CC(=O)N2. The van der Waals surface area contributed by atoms with E-state index in [4.69, 9.17) is 32.0 Å². The molecule has 5 rings (SSSR count). The van der Waals surface area contributed by atoms with Crippen LogP contribution in [0.15, 0.2) is 12.1 Å². The molecule has 4 N–H and O–H groups in total. The van der Waals surface area contributed by atoms with Gasteiger partial charge in [-0.3, -0.25) is 4.79 Å². The number of rotatable bonds is 3. The zero-order valence-electron chi connectivity index (χ0n) is 17.4. The third-order valence-corrected chi connectivity index (χ3v) is 7.19. The summed E-state index contributed by atoms with van der Waals surface area (Å²) in [5.41, 5.74) is 10.5. The van der Waals surface area contributed by atoms with Gasteiger partial charge in [0.1, 0.15) is 5.69 Å². The second-order valence-corrected chi connectivity index (χ2v) is 9.18. The van der Waals surface area contributed by atoms with Crippen LogP contribution in [-0.4, -0.2) is 53.3 Å². The summed E-state index contributed by atoms with van der Waals surface area (Å²) in [5, 5.41) is 13.4. The first-order valence-corrected chi connectivity index (χ1v) is 11.0. The van der Waals surface area contributed by atoms with Crippen LogP contribution in [0.5, 0.6) is 0 Å². The first-order chi connectivity index (χ1) is 14.9. The normalized spacial score (nSPS) is 22.1. The monoisotopic (exact) mass is 443 g/mol. The third kappa shape index (κ3) is 3.47. The van der Waals surface area contributed by atoms with Crippen molar-refractivity contribution in [2.75, 3.05) is 36.5 Å². The number of aryl methyl sites for hydroxylation is 1. The van der Waals surface area contributed by atoms with Crippen LogP contribution in [0.25, 0.3) is 11.3 Å². The summed E-state index contributed by atoms with van der Waals surface area (Å²) in [4.78, 5) is 23.5. The number of carbonyl (C=O) groups excluding carboxylic acids is 1. The first kappa shape index (κ1) is 20.6. The number of fused-ring (bicyclic) bond motifs is 1. The van der Waals surface area contributed by atoms with Crippen LogP contribution in [0.3, 0.4) is 0 Å². The molecule has 8 nitrogen and oxygen atoms in total. The number of amides is 1. The number of aliphatic hydroxyl groups is 1. The minimum Gasteiger partial charge on any atom is -0.390 e. The Bertz CT molecular complexity index is 1050. The molecule has 2 saturated heterocycles. The first-order valence-electron chi connectivity index (χ1n) is 10.6. The number of carbonyl (C=O) groups is 1. The van der Waals surface area contributed by atoms with Gasteiger partial charge >= 0.3 is 0 Å². The number of nitrogens with one attached hydrogen (secondary N) is 1. The van der Waals surface area contributed by atoms with E-state index in [2.05, 4.69) is 10.2 Å². The van der Waals surface area contributed by atoms with Crippen LogP contribution >= 0.6 is 11.6 Å². The maximum absolute atomic E-state index is 11.7. The molecule has 0 unspecified atom stereocenters. The number of hydrogen-bond acceptors (Lipinski definition) is 7. The van der Waals surface area contributed by atoms with Crippen molar-refractivity contribution >= 4 is 29.0 Å². The third-order valence-electron chi connectivity index (χ3n) is 6.88. The Hall–Kier alpha value is -2.26. The average Bonchev–Trinajstić information content (AvgIpc) is 3.29. The zero-order valence-corrected chi connectivity index (χ0v) is 18.2. The van der Waals surface area contributed by atoms with Gasteiger partial charge in [-0.05, 0) is 37.5 Å². The molecular weight excluding hydrogens is 418 g/mol. The molecule has 0 saturated carbocycles. The van der Waals surface area contributed by atoms with Gasteiger partial charge < -0.3 is 25.8 Å².